The summed E-state index contributed by atoms with van der Waals surface area (Å²) in [5, 5.41) is 2.74. The topological polar surface area (TPSA) is 110 Å². The monoisotopic (exact) mass is 454 g/mol. The zero-order valence-electron chi connectivity index (χ0n) is 18.6. The van der Waals surface area contributed by atoms with Gasteiger partial charge in [-0.2, -0.15) is 0 Å². The lowest BCUT2D eigenvalue weighted by Gasteiger charge is -2.18. The molecule has 1 amide bonds. The van der Waals surface area contributed by atoms with Crippen molar-refractivity contribution in [1.82, 2.24) is 9.97 Å². The highest BCUT2D eigenvalue weighted by atomic mass is 32.2. The van der Waals surface area contributed by atoms with E-state index in [9.17, 15) is 13.2 Å². The molecule has 3 aromatic rings. The number of aromatic nitrogens is 2. The number of rotatable bonds is 7. The van der Waals surface area contributed by atoms with Crippen molar-refractivity contribution in [3.63, 3.8) is 0 Å². The SMILES string of the molecule is Cc1cc(C)nc(NS(=O)(=O)c2ccc(NC(=O)[C@@H](C)Oc3c(C)cccc3C)cc2)n1. The Bertz CT molecular complexity index is 1200. The fraction of sp³-hybridized carbons (Fsp3) is 0.261. The van der Waals surface area contributed by atoms with E-state index in [4.69, 9.17) is 4.74 Å². The number of para-hydroxylation sites is 1. The number of amides is 1. The van der Waals surface area contributed by atoms with Crippen LogP contribution < -0.4 is 14.8 Å². The number of aryl methyl sites for hydroxylation is 4. The largest absolute Gasteiger partial charge is 0.480 e. The molecule has 168 valence electrons. The highest BCUT2D eigenvalue weighted by molar-refractivity contribution is 7.92. The van der Waals surface area contributed by atoms with Crippen LogP contribution in [-0.4, -0.2) is 30.4 Å². The van der Waals surface area contributed by atoms with Gasteiger partial charge in [-0.25, -0.2) is 23.1 Å². The van der Waals surface area contributed by atoms with E-state index >= 15 is 0 Å². The van der Waals surface area contributed by atoms with Crippen LogP contribution in [0.1, 0.15) is 29.4 Å². The van der Waals surface area contributed by atoms with E-state index in [0.29, 0.717) is 22.8 Å². The molecule has 0 unspecified atom stereocenters. The Hall–Kier alpha value is -3.46. The Morgan fingerprint density at radius 3 is 2.06 bits per heavy atom. The maximum absolute atomic E-state index is 12.6. The van der Waals surface area contributed by atoms with Gasteiger partial charge in [-0.05, 0) is 76.1 Å². The number of nitrogens with one attached hydrogen (secondary N) is 2. The lowest BCUT2D eigenvalue weighted by Crippen LogP contribution is -2.30. The summed E-state index contributed by atoms with van der Waals surface area (Å²) in [5.41, 5.74) is 3.66. The fourth-order valence-electron chi connectivity index (χ4n) is 3.13. The van der Waals surface area contributed by atoms with Gasteiger partial charge in [-0.3, -0.25) is 4.79 Å². The van der Waals surface area contributed by atoms with Crippen LogP contribution in [0, 0.1) is 27.7 Å². The van der Waals surface area contributed by atoms with E-state index in [2.05, 4.69) is 20.0 Å². The third-order valence-corrected chi connectivity index (χ3v) is 6.06. The van der Waals surface area contributed by atoms with E-state index in [1.807, 2.05) is 32.0 Å². The van der Waals surface area contributed by atoms with Crippen LogP contribution in [0.25, 0.3) is 0 Å². The highest BCUT2D eigenvalue weighted by Crippen LogP contribution is 2.24. The minimum absolute atomic E-state index is 0.0114. The summed E-state index contributed by atoms with van der Waals surface area (Å²) in [4.78, 5) is 20.8. The Labute approximate surface area is 188 Å². The first kappa shape index (κ1) is 23.2. The fourth-order valence-corrected chi connectivity index (χ4v) is 4.07. The molecule has 2 aromatic carbocycles. The number of nitrogens with zero attached hydrogens (tertiary/aromatic N) is 2. The number of carbonyl (C=O) groups is 1. The van der Waals surface area contributed by atoms with Gasteiger partial charge in [0.2, 0.25) is 5.95 Å². The summed E-state index contributed by atoms with van der Waals surface area (Å²) >= 11 is 0. The van der Waals surface area contributed by atoms with Crippen LogP contribution >= 0.6 is 0 Å². The maximum Gasteiger partial charge on any atom is 0.265 e. The van der Waals surface area contributed by atoms with Crippen LogP contribution in [0.3, 0.4) is 0 Å². The second-order valence-electron chi connectivity index (χ2n) is 7.57. The van der Waals surface area contributed by atoms with Gasteiger partial charge in [0.15, 0.2) is 6.10 Å². The molecular formula is C23H26N4O4S. The molecule has 9 heteroatoms. The molecule has 0 bridgehead atoms. The van der Waals surface area contributed by atoms with Gasteiger partial charge in [-0.15, -0.1) is 0 Å². The van der Waals surface area contributed by atoms with Crippen molar-refractivity contribution in [3.8, 4) is 5.75 Å². The van der Waals surface area contributed by atoms with Crippen LogP contribution in [0.15, 0.2) is 53.4 Å². The van der Waals surface area contributed by atoms with Crippen LogP contribution in [0.5, 0.6) is 5.75 Å². The first-order valence-electron chi connectivity index (χ1n) is 10.0. The lowest BCUT2D eigenvalue weighted by atomic mass is 10.1. The molecule has 1 atom stereocenters. The van der Waals surface area contributed by atoms with Gasteiger partial charge in [0.1, 0.15) is 5.75 Å². The number of anilines is 2. The molecule has 0 saturated carbocycles. The summed E-state index contributed by atoms with van der Waals surface area (Å²) in [5.74, 6) is 0.346. The summed E-state index contributed by atoms with van der Waals surface area (Å²) in [6, 6.07) is 13.3. The van der Waals surface area contributed by atoms with E-state index in [0.717, 1.165) is 11.1 Å². The van der Waals surface area contributed by atoms with Crippen molar-refractivity contribution in [2.45, 2.75) is 45.6 Å². The van der Waals surface area contributed by atoms with Crippen molar-refractivity contribution in [2.75, 3.05) is 10.0 Å². The van der Waals surface area contributed by atoms with Crippen molar-refractivity contribution in [1.29, 1.82) is 0 Å². The molecule has 1 aromatic heterocycles. The Morgan fingerprint density at radius 2 is 1.50 bits per heavy atom. The van der Waals surface area contributed by atoms with Crippen molar-refractivity contribution in [3.05, 3.63) is 71.0 Å². The molecule has 0 aliphatic heterocycles. The molecule has 3 rings (SSSR count). The molecule has 2 N–H and O–H groups in total. The van der Waals surface area contributed by atoms with E-state index < -0.39 is 16.1 Å². The van der Waals surface area contributed by atoms with Gasteiger partial charge in [0.25, 0.3) is 15.9 Å². The van der Waals surface area contributed by atoms with E-state index in [1.165, 1.54) is 24.3 Å². The Balaban J connectivity index is 1.67. The predicted molar refractivity (Wildman–Crippen MR) is 123 cm³/mol. The summed E-state index contributed by atoms with van der Waals surface area (Å²) < 4.78 is 33.5. The molecule has 32 heavy (non-hydrogen) atoms. The van der Waals surface area contributed by atoms with Crippen molar-refractivity contribution < 1.29 is 17.9 Å². The molecular weight excluding hydrogens is 428 g/mol. The summed E-state index contributed by atoms with van der Waals surface area (Å²) in [6.07, 6.45) is -0.735. The van der Waals surface area contributed by atoms with Crippen LogP contribution in [0.2, 0.25) is 0 Å². The average Bonchev–Trinajstić information content (AvgIpc) is 2.70. The number of sulfonamides is 1. The Kier molecular flexibility index (Phi) is 6.78. The third-order valence-electron chi connectivity index (χ3n) is 4.71. The standard InChI is InChI=1S/C23H26N4O4S/c1-14-7-6-8-15(2)21(14)31-18(5)22(28)26-19-9-11-20(12-10-19)32(29,30)27-23-24-16(3)13-17(4)25-23/h6-13,18H,1-5H3,(H,26,28)(H,24,25,27)/t18-/m1/s1. The zero-order chi connectivity index (χ0) is 23.5. The molecule has 1 heterocycles. The van der Waals surface area contributed by atoms with Gasteiger partial charge in [0.05, 0.1) is 4.90 Å². The number of benzene rings is 2. The molecule has 0 aliphatic carbocycles. The number of ether oxygens (including phenoxy) is 1. The first-order valence-corrected chi connectivity index (χ1v) is 11.5. The van der Waals surface area contributed by atoms with Crippen molar-refractivity contribution >= 4 is 27.6 Å². The molecule has 8 nitrogen and oxygen atoms in total. The number of carbonyl (C=O) groups excluding carboxylic acids is 1. The molecule has 0 radical (unpaired) electrons. The van der Waals surface area contributed by atoms with Gasteiger partial charge in [0, 0.05) is 17.1 Å². The molecule has 0 aliphatic rings. The first-order chi connectivity index (χ1) is 15.0. The summed E-state index contributed by atoms with van der Waals surface area (Å²) in [7, 11) is -3.87. The van der Waals surface area contributed by atoms with Crippen molar-refractivity contribution in [2.24, 2.45) is 0 Å². The Morgan fingerprint density at radius 1 is 0.938 bits per heavy atom. The minimum atomic E-state index is -3.87. The second kappa shape index (κ2) is 9.35. The molecule has 0 spiro atoms. The predicted octanol–water partition coefficient (Wildman–Crippen LogP) is 3.92. The normalized spacial score (nSPS) is 12.2. The average molecular weight is 455 g/mol. The maximum atomic E-state index is 12.6. The molecule has 0 fully saturated rings. The van der Waals surface area contributed by atoms with Gasteiger partial charge in [-0.1, -0.05) is 18.2 Å². The highest BCUT2D eigenvalue weighted by Gasteiger charge is 2.19. The van der Waals surface area contributed by atoms with Gasteiger partial charge >= 0.3 is 0 Å². The summed E-state index contributed by atoms with van der Waals surface area (Å²) in [6.45, 7) is 9.02. The second-order valence-corrected chi connectivity index (χ2v) is 9.26. The van der Waals surface area contributed by atoms with Gasteiger partial charge < -0.3 is 10.1 Å². The third kappa shape index (κ3) is 5.61. The number of hydrogen-bond acceptors (Lipinski definition) is 6. The molecule has 0 saturated heterocycles. The minimum Gasteiger partial charge on any atom is -0.480 e. The lowest BCUT2D eigenvalue weighted by molar-refractivity contribution is -0.122. The number of hydrogen-bond donors (Lipinski definition) is 2. The van der Waals surface area contributed by atoms with Crippen LogP contribution in [0.4, 0.5) is 11.6 Å². The quantitative estimate of drug-likeness (QED) is 0.560. The zero-order valence-corrected chi connectivity index (χ0v) is 19.4. The van der Waals surface area contributed by atoms with E-state index in [1.54, 1.807) is 26.8 Å². The van der Waals surface area contributed by atoms with Crippen LogP contribution in [-0.2, 0) is 14.8 Å². The smallest absolute Gasteiger partial charge is 0.265 e. The van der Waals surface area contributed by atoms with E-state index in [-0.39, 0.29) is 16.8 Å².